The van der Waals surface area contributed by atoms with E-state index >= 15 is 0 Å². The van der Waals surface area contributed by atoms with Gasteiger partial charge < -0.3 is 9.47 Å². The number of carbonyl (C=O) groups is 2. The molecule has 2 rings (SSSR count). The lowest BCUT2D eigenvalue weighted by Gasteiger charge is -2.08. The van der Waals surface area contributed by atoms with Crippen LogP contribution in [-0.2, 0) is 29.1 Å². The molecule has 0 spiro atoms. The molecule has 7 nitrogen and oxygen atoms in total. The quantitative estimate of drug-likeness (QED) is 0.120. The van der Waals surface area contributed by atoms with Crippen molar-refractivity contribution in [2.45, 2.75) is 76.8 Å². The maximum atomic E-state index is 13.3. The molecule has 3 atom stereocenters. The van der Waals surface area contributed by atoms with Crippen molar-refractivity contribution in [1.29, 1.82) is 0 Å². The number of sulfonamides is 1. The Morgan fingerprint density at radius 2 is 1.55 bits per heavy atom. The van der Waals surface area contributed by atoms with E-state index in [2.05, 4.69) is 6.92 Å². The second-order valence-electron chi connectivity index (χ2n) is 7.58. The van der Waals surface area contributed by atoms with Crippen molar-refractivity contribution < 1.29 is 27.5 Å². The van der Waals surface area contributed by atoms with Crippen molar-refractivity contribution >= 4 is 22.0 Å². The van der Waals surface area contributed by atoms with Gasteiger partial charge in [-0.25, -0.2) is 18.0 Å². The van der Waals surface area contributed by atoms with Crippen LogP contribution in [0.2, 0.25) is 0 Å². The summed E-state index contributed by atoms with van der Waals surface area (Å²) in [6.45, 7) is 7.49. The van der Waals surface area contributed by atoms with Crippen LogP contribution in [0.5, 0.6) is 0 Å². The molecule has 172 valence electrons. The second kappa shape index (κ2) is 11.4. The van der Waals surface area contributed by atoms with Crippen LogP contribution in [0.1, 0.15) is 58.4 Å². The van der Waals surface area contributed by atoms with Crippen LogP contribution in [0.3, 0.4) is 0 Å². The summed E-state index contributed by atoms with van der Waals surface area (Å²) in [4.78, 5) is 24.9. The Morgan fingerprint density at radius 1 is 0.968 bits per heavy atom. The number of aryl methyl sites for hydroxylation is 1. The van der Waals surface area contributed by atoms with Gasteiger partial charge in [-0.05, 0) is 45.4 Å². The topological polar surface area (TPSA) is 89.8 Å². The summed E-state index contributed by atoms with van der Waals surface area (Å²) in [6, 6.07) is 5.77. The molecule has 0 bridgehead atoms. The molecule has 1 unspecified atom stereocenters. The molecule has 0 saturated carbocycles. The average Bonchev–Trinajstić information content (AvgIpc) is 3.43. The molecule has 0 N–H and O–H groups in total. The molecule has 1 aromatic carbocycles. The highest BCUT2D eigenvalue weighted by Crippen LogP contribution is 2.40. The molecule has 0 amide bonds. The highest BCUT2D eigenvalue weighted by Gasteiger charge is 2.54. The first-order valence-electron chi connectivity index (χ1n) is 10.9. The van der Waals surface area contributed by atoms with Crippen LogP contribution in [-0.4, -0.2) is 50.0 Å². The summed E-state index contributed by atoms with van der Waals surface area (Å²) >= 11 is 0. The summed E-state index contributed by atoms with van der Waals surface area (Å²) in [6.07, 6.45) is 6.09. The average molecular weight is 452 g/mol. The lowest BCUT2D eigenvalue weighted by molar-refractivity contribution is -0.146. The Labute approximate surface area is 185 Å². The maximum Gasteiger partial charge on any atom is 0.345 e. The van der Waals surface area contributed by atoms with E-state index in [1.54, 1.807) is 38.1 Å². The number of nitrogens with zero attached hydrogens (tertiary/aromatic N) is 1. The van der Waals surface area contributed by atoms with E-state index in [1.165, 1.54) is 10.4 Å². The first-order chi connectivity index (χ1) is 14.8. The predicted octanol–water partition coefficient (Wildman–Crippen LogP) is 3.76. The molecule has 1 aliphatic rings. The first kappa shape index (κ1) is 25.1. The minimum absolute atomic E-state index is 0.103. The van der Waals surface area contributed by atoms with Crippen LogP contribution in [0.15, 0.2) is 40.8 Å². The summed E-state index contributed by atoms with van der Waals surface area (Å²) in [5, 5.41) is 0. The fourth-order valence-electron chi connectivity index (χ4n) is 3.52. The van der Waals surface area contributed by atoms with Gasteiger partial charge in [0.1, 0.15) is 5.57 Å². The molecule has 1 saturated heterocycles. The number of hydrogen-bond acceptors (Lipinski definition) is 6. The minimum atomic E-state index is -3.76. The number of carbonyl (C=O) groups excluding carboxylic acids is 2. The SMILES string of the molecule is CCCCCC[C@@H]1[C@@H](C=C(C(=O)OCC)C(=O)OCC)N1S(=O)(=O)c1ccc(C)cc1. The largest absolute Gasteiger partial charge is 0.462 e. The normalized spacial score (nSPS) is 20.1. The number of hydrogen-bond donors (Lipinski definition) is 0. The third-order valence-electron chi connectivity index (χ3n) is 5.20. The minimum Gasteiger partial charge on any atom is -0.462 e. The van der Waals surface area contributed by atoms with Gasteiger partial charge in [0, 0.05) is 6.04 Å². The molecule has 0 aromatic heterocycles. The van der Waals surface area contributed by atoms with E-state index < -0.39 is 28.0 Å². The predicted molar refractivity (Wildman–Crippen MR) is 118 cm³/mol. The highest BCUT2D eigenvalue weighted by atomic mass is 32.2. The summed E-state index contributed by atoms with van der Waals surface area (Å²) in [7, 11) is -3.76. The third kappa shape index (κ3) is 6.40. The molecule has 0 radical (unpaired) electrons. The number of esters is 2. The molecule has 0 aliphatic carbocycles. The zero-order valence-electron chi connectivity index (χ0n) is 18.8. The van der Waals surface area contributed by atoms with Crippen LogP contribution >= 0.6 is 0 Å². The van der Waals surface area contributed by atoms with Crippen LogP contribution in [0.4, 0.5) is 0 Å². The van der Waals surface area contributed by atoms with Crippen molar-refractivity contribution in [3.05, 3.63) is 41.5 Å². The van der Waals surface area contributed by atoms with Gasteiger partial charge in [0.05, 0.1) is 24.2 Å². The van der Waals surface area contributed by atoms with E-state index in [0.717, 1.165) is 31.2 Å². The first-order valence-corrected chi connectivity index (χ1v) is 12.4. The molecule has 8 heteroatoms. The van der Waals surface area contributed by atoms with Crippen LogP contribution in [0, 0.1) is 6.92 Å². The number of rotatable bonds is 12. The smallest absolute Gasteiger partial charge is 0.345 e. The molecule has 1 aliphatic heterocycles. The van der Waals surface area contributed by atoms with Crippen molar-refractivity contribution in [2.75, 3.05) is 13.2 Å². The molecule has 1 aromatic rings. The van der Waals surface area contributed by atoms with E-state index in [1.807, 2.05) is 6.92 Å². The molecule has 31 heavy (non-hydrogen) atoms. The van der Waals surface area contributed by atoms with Gasteiger partial charge in [-0.15, -0.1) is 0 Å². The summed E-state index contributed by atoms with van der Waals surface area (Å²) in [5.41, 5.74) is 0.707. The molecule has 1 heterocycles. The number of ether oxygens (including phenoxy) is 2. The zero-order valence-corrected chi connectivity index (χ0v) is 19.6. The van der Waals surface area contributed by atoms with Gasteiger partial charge in [-0.2, -0.15) is 4.31 Å². The van der Waals surface area contributed by atoms with Gasteiger partial charge >= 0.3 is 11.9 Å². The number of unbranched alkanes of at least 4 members (excludes halogenated alkanes) is 3. The zero-order chi connectivity index (χ0) is 23.0. The maximum absolute atomic E-state index is 13.3. The summed E-state index contributed by atoms with van der Waals surface area (Å²) < 4.78 is 37.9. The lowest BCUT2D eigenvalue weighted by Crippen LogP contribution is -2.20. The standard InChI is InChI=1S/C23H33NO6S/c1-5-8-9-10-11-20-21(16-19(22(25)29-6-2)23(26)30-7-3)24(20)31(27,28)18-14-12-17(4)13-15-18/h12-16,20-21H,5-11H2,1-4H3/t20-,21-,24?/m1/s1. The van der Waals surface area contributed by atoms with Gasteiger partial charge in [0.25, 0.3) is 0 Å². The fourth-order valence-corrected chi connectivity index (χ4v) is 5.30. The Bertz CT molecular complexity index is 871. The van der Waals surface area contributed by atoms with Gasteiger partial charge in [-0.3, -0.25) is 0 Å². The van der Waals surface area contributed by atoms with Crippen LogP contribution in [0.25, 0.3) is 0 Å². The van der Waals surface area contributed by atoms with Crippen LogP contribution < -0.4 is 0 Å². The molecular weight excluding hydrogens is 418 g/mol. The fraction of sp³-hybridized carbons (Fsp3) is 0.565. The Balaban J connectivity index is 2.34. The third-order valence-corrected chi connectivity index (χ3v) is 7.14. The monoisotopic (exact) mass is 451 g/mol. The van der Waals surface area contributed by atoms with Crippen molar-refractivity contribution in [2.24, 2.45) is 0 Å². The van der Waals surface area contributed by atoms with E-state index in [0.29, 0.717) is 6.42 Å². The molecule has 1 fully saturated rings. The highest BCUT2D eigenvalue weighted by molar-refractivity contribution is 7.89. The lowest BCUT2D eigenvalue weighted by atomic mass is 10.1. The number of benzene rings is 1. The second-order valence-corrected chi connectivity index (χ2v) is 9.42. The van der Waals surface area contributed by atoms with Crippen molar-refractivity contribution in [3.8, 4) is 0 Å². The van der Waals surface area contributed by atoms with E-state index in [4.69, 9.17) is 9.47 Å². The summed E-state index contributed by atoms with van der Waals surface area (Å²) in [5.74, 6) is -1.60. The van der Waals surface area contributed by atoms with E-state index in [9.17, 15) is 18.0 Å². The molecular formula is C23H33NO6S. The Morgan fingerprint density at radius 3 is 2.06 bits per heavy atom. The Kier molecular flexibility index (Phi) is 9.25. The van der Waals surface area contributed by atoms with Gasteiger partial charge in [-0.1, -0.05) is 50.3 Å². The van der Waals surface area contributed by atoms with E-state index in [-0.39, 0.29) is 29.7 Å². The van der Waals surface area contributed by atoms with Gasteiger partial charge in [0.15, 0.2) is 0 Å². The van der Waals surface area contributed by atoms with Crippen molar-refractivity contribution in [1.82, 2.24) is 4.31 Å². The van der Waals surface area contributed by atoms with Crippen molar-refractivity contribution in [3.63, 3.8) is 0 Å². The Hall–Kier alpha value is -2.19. The van der Waals surface area contributed by atoms with Gasteiger partial charge in [0.2, 0.25) is 10.0 Å².